The summed E-state index contributed by atoms with van der Waals surface area (Å²) in [5, 5.41) is 0. The first-order valence-electron chi connectivity index (χ1n) is 16.7. The maximum absolute atomic E-state index is 6.74. The van der Waals surface area contributed by atoms with Gasteiger partial charge in [-0.05, 0) is 81.3 Å². The van der Waals surface area contributed by atoms with Gasteiger partial charge in [0.1, 0.15) is 17.8 Å². The van der Waals surface area contributed by atoms with Crippen molar-refractivity contribution in [1.29, 1.82) is 0 Å². The van der Waals surface area contributed by atoms with Gasteiger partial charge in [-0.3, -0.25) is 4.90 Å². The Kier molecular flexibility index (Phi) is 9.98. The van der Waals surface area contributed by atoms with Crippen LogP contribution in [-0.2, 0) is 13.0 Å². The van der Waals surface area contributed by atoms with E-state index in [-0.39, 0.29) is 0 Å². The topological polar surface area (TPSA) is 80.1 Å². The molecule has 0 spiro atoms. The zero-order valence-electron chi connectivity index (χ0n) is 25.9. The summed E-state index contributed by atoms with van der Waals surface area (Å²) in [6.45, 7) is 4.89. The van der Waals surface area contributed by atoms with Gasteiger partial charge in [0, 0.05) is 44.1 Å². The minimum Gasteiger partial charge on any atom is -0.457 e. The van der Waals surface area contributed by atoms with Crippen LogP contribution in [0.4, 0.5) is 5.69 Å². The number of guanidine groups is 1. The van der Waals surface area contributed by atoms with Crippen molar-refractivity contribution in [2.45, 2.75) is 109 Å². The molecule has 2 fully saturated rings. The summed E-state index contributed by atoms with van der Waals surface area (Å²) in [6, 6.07) is 17.3. The van der Waals surface area contributed by atoms with Crippen LogP contribution >= 0.6 is 0 Å². The molecule has 0 radical (unpaired) electrons. The molecule has 1 aliphatic heterocycles. The summed E-state index contributed by atoms with van der Waals surface area (Å²) in [5.41, 5.74) is 9.97. The maximum atomic E-state index is 6.74. The van der Waals surface area contributed by atoms with Crippen LogP contribution in [-0.4, -0.2) is 45.9 Å². The van der Waals surface area contributed by atoms with Crippen LogP contribution in [0, 0.1) is 12.8 Å². The predicted octanol–water partition coefficient (Wildman–Crippen LogP) is 8.14. The van der Waals surface area contributed by atoms with Gasteiger partial charge >= 0.3 is 0 Å². The van der Waals surface area contributed by atoms with Gasteiger partial charge < -0.3 is 19.8 Å². The molecule has 1 unspecified atom stereocenters. The van der Waals surface area contributed by atoms with Crippen molar-refractivity contribution in [2.75, 3.05) is 13.1 Å². The summed E-state index contributed by atoms with van der Waals surface area (Å²) in [5.74, 6) is 3.79. The highest BCUT2D eigenvalue weighted by molar-refractivity contribution is 5.84. The van der Waals surface area contributed by atoms with E-state index < -0.39 is 0 Å². The predicted molar refractivity (Wildman–Crippen MR) is 173 cm³/mol. The van der Waals surface area contributed by atoms with E-state index in [0.717, 1.165) is 61.2 Å². The van der Waals surface area contributed by atoms with E-state index in [1.807, 2.05) is 55.7 Å². The lowest BCUT2D eigenvalue weighted by atomic mass is 9.81. The minimum absolute atomic E-state index is 0.405. The molecule has 2 saturated carbocycles. The first-order chi connectivity index (χ1) is 21.1. The van der Waals surface area contributed by atoms with Crippen molar-refractivity contribution in [2.24, 2.45) is 16.6 Å². The molecule has 2 N–H and O–H groups in total. The van der Waals surface area contributed by atoms with Gasteiger partial charge in [-0.25, -0.2) is 9.98 Å². The molecule has 6 rings (SSSR count). The molecule has 0 amide bonds. The summed E-state index contributed by atoms with van der Waals surface area (Å²) >= 11 is 0. The Balaban J connectivity index is 1.15. The Hall–Kier alpha value is -3.32. The number of rotatable bonds is 12. The summed E-state index contributed by atoms with van der Waals surface area (Å²) < 4.78 is 11.7. The molecular formula is C36H49N5O2. The first-order valence-corrected chi connectivity index (χ1v) is 16.7. The Morgan fingerprint density at radius 1 is 0.953 bits per heavy atom. The van der Waals surface area contributed by atoms with Crippen LogP contribution < -0.4 is 10.5 Å². The van der Waals surface area contributed by atoms with Gasteiger partial charge in [0.2, 0.25) is 0 Å². The number of aryl methyl sites for hydroxylation is 1. The summed E-state index contributed by atoms with van der Waals surface area (Å²) in [4.78, 5) is 14.7. The zero-order chi connectivity index (χ0) is 29.4. The Morgan fingerprint density at radius 3 is 2.47 bits per heavy atom. The van der Waals surface area contributed by atoms with E-state index in [2.05, 4.69) is 20.9 Å². The molecule has 3 aromatic rings. The number of aliphatic imine (C=N–C) groups is 1. The van der Waals surface area contributed by atoms with Crippen molar-refractivity contribution in [3.63, 3.8) is 0 Å². The van der Waals surface area contributed by atoms with E-state index in [4.69, 9.17) is 19.9 Å². The van der Waals surface area contributed by atoms with Gasteiger partial charge in [-0.2, -0.15) is 0 Å². The lowest BCUT2D eigenvalue weighted by molar-refractivity contribution is 0.131. The molecule has 1 aromatic heterocycles. The quantitative estimate of drug-likeness (QED) is 0.232. The number of ether oxygens (including phenoxy) is 1. The second kappa shape index (κ2) is 14.4. The van der Waals surface area contributed by atoms with Crippen LogP contribution in [0.2, 0.25) is 0 Å². The standard InChI is InChI=1S/C36H49N5O2/c1-27-38-30(26-42-27)21-23-40(31-14-7-3-8-15-31)22-11-18-35(28-12-5-2-6-13-28)41-25-29-24-33(19-20-34(29)39-36(41)37)43-32-16-9-4-10-17-32/h4,9-10,16-17,19-20,24,26,28,31,35H,2-3,5-8,11-15,18,21-23,25H2,1H3,(H2,37,39). The number of oxazole rings is 1. The molecule has 2 aromatic carbocycles. The smallest absolute Gasteiger partial charge is 0.197 e. The summed E-state index contributed by atoms with van der Waals surface area (Å²) in [6.07, 6.45) is 18.4. The minimum atomic E-state index is 0.405. The second-order valence-corrected chi connectivity index (χ2v) is 12.8. The van der Waals surface area contributed by atoms with Gasteiger partial charge in [0.15, 0.2) is 11.9 Å². The highest BCUT2D eigenvalue weighted by Crippen LogP contribution is 2.37. The number of aromatic nitrogens is 1. The highest BCUT2D eigenvalue weighted by Gasteiger charge is 2.33. The van der Waals surface area contributed by atoms with Crippen LogP contribution in [0.15, 0.2) is 64.2 Å². The SMILES string of the molecule is Cc1nc(CCN(CCCC(C2CCCCC2)N2Cc3cc(Oc4ccccc4)ccc3N=C2N)C2CCCCC2)co1. The monoisotopic (exact) mass is 583 g/mol. The molecule has 3 aliphatic rings. The molecule has 0 bridgehead atoms. The first kappa shape index (κ1) is 29.7. The van der Waals surface area contributed by atoms with E-state index in [0.29, 0.717) is 24.0 Å². The van der Waals surface area contributed by atoms with Crippen LogP contribution in [0.5, 0.6) is 11.5 Å². The Labute approximate surface area is 257 Å². The number of nitrogens with zero attached hydrogens (tertiary/aromatic N) is 4. The number of para-hydroxylation sites is 1. The lowest BCUT2D eigenvalue weighted by Crippen LogP contribution is -2.49. The molecule has 43 heavy (non-hydrogen) atoms. The van der Waals surface area contributed by atoms with Crippen LogP contribution in [0.3, 0.4) is 0 Å². The third kappa shape index (κ3) is 7.80. The third-order valence-corrected chi connectivity index (χ3v) is 9.85. The van der Waals surface area contributed by atoms with Crippen molar-refractivity contribution < 1.29 is 9.15 Å². The highest BCUT2D eigenvalue weighted by atomic mass is 16.5. The van der Waals surface area contributed by atoms with Crippen molar-refractivity contribution in [3.05, 3.63) is 71.9 Å². The van der Waals surface area contributed by atoms with Gasteiger partial charge in [0.05, 0.1) is 11.4 Å². The van der Waals surface area contributed by atoms with E-state index in [1.54, 1.807) is 0 Å². The lowest BCUT2D eigenvalue weighted by Gasteiger charge is -2.42. The molecule has 7 nitrogen and oxygen atoms in total. The molecule has 2 aliphatic carbocycles. The van der Waals surface area contributed by atoms with E-state index >= 15 is 0 Å². The average molecular weight is 584 g/mol. The fourth-order valence-electron chi connectivity index (χ4n) is 7.60. The van der Waals surface area contributed by atoms with Crippen molar-refractivity contribution in [1.82, 2.24) is 14.8 Å². The van der Waals surface area contributed by atoms with Crippen molar-refractivity contribution in [3.8, 4) is 11.5 Å². The van der Waals surface area contributed by atoms with E-state index in [1.165, 1.54) is 76.2 Å². The average Bonchev–Trinajstić information content (AvgIpc) is 3.47. The maximum Gasteiger partial charge on any atom is 0.197 e. The number of nitrogens with two attached hydrogens (primary N) is 1. The normalized spacial score (nSPS) is 18.8. The largest absolute Gasteiger partial charge is 0.457 e. The Bertz CT molecular complexity index is 1330. The van der Waals surface area contributed by atoms with Crippen LogP contribution in [0.25, 0.3) is 0 Å². The fourth-order valence-corrected chi connectivity index (χ4v) is 7.60. The van der Waals surface area contributed by atoms with Gasteiger partial charge in [0.25, 0.3) is 0 Å². The van der Waals surface area contributed by atoms with Gasteiger partial charge in [-0.1, -0.05) is 56.7 Å². The van der Waals surface area contributed by atoms with Crippen molar-refractivity contribution >= 4 is 11.6 Å². The zero-order valence-corrected chi connectivity index (χ0v) is 25.9. The van der Waals surface area contributed by atoms with Gasteiger partial charge in [-0.15, -0.1) is 0 Å². The Morgan fingerprint density at radius 2 is 1.72 bits per heavy atom. The molecular weight excluding hydrogens is 534 g/mol. The molecule has 0 saturated heterocycles. The summed E-state index contributed by atoms with van der Waals surface area (Å²) in [7, 11) is 0. The fraction of sp³-hybridized carbons (Fsp3) is 0.556. The number of benzene rings is 2. The molecule has 2 heterocycles. The van der Waals surface area contributed by atoms with E-state index in [9.17, 15) is 0 Å². The van der Waals surface area contributed by atoms with Crippen LogP contribution in [0.1, 0.15) is 94.2 Å². The third-order valence-electron chi connectivity index (χ3n) is 9.85. The molecule has 1 atom stereocenters. The number of hydrogen-bond donors (Lipinski definition) is 1. The molecule has 7 heteroatoms. The molecule has 230 valence electrons. The number of hydrogen-bond acceptors (Lipinski definition) is 7. The number of fused-ring (bicyclic) bond motifs is 1. The second-order valence-electron chi connectivity index (χ2n) is 12.8.